The smallest absolute Gasteiger partial charge is 0.252 e. The maximum atomic E-state index is 12.0. The fourth-order valence-electron chi connectivity index (χ4n) is 5.39. The molecular weight excluding hydrogens is 506 g/mol. The predicted molar refractivity (Wildman–Crippen MR) is 158 cm³/mol. The topological polar surface area (TPSA) is 136 Å². The number of anilines is 2. The van der Waals surface area contributed by atoms with Crippen molar-refractivity contribution in [1.29, 1.82) is 0 Å². The highest BCUT2D eigenvalue weighted by atomic mass is 16.3. The van der Waals surface area contributed by atoms with E-state index in [0.29, 0.717) is 44.0 Å². The fourth-order valence-corrected chi connectivity index (χ4v) is 5.39. The van der Waals surface area contributed by atoms with Gasteiger partial charge in [-0.1, -0.05) is 30.3 Å². The number of hydrogen-bond donors (Lipinski definition) is 4. The number of benzene rings is 3. The number of carbonyl (C=O) groups excluding carboxylic acids is 2. The van der Waals surface area contributed by atoms with E-state index >= 15 is 0 Å². The highest BCUT2D eigenvalue weighted by Crippen LogP contribution is 2.35. The Morgan fingerprint density at radius 3 is 1.68 bits per heavy atom. The van der Waals surface area contributed by atoms with Crippen molar-refractivity contribution in [2.24, 2.45) is 11.5 Å². The van der Waals surface area contributed by atoms with Gasteiger partial charge >= 0.3 is 0 Å². The van der Waals surface area contributed by atoms with Crippen LogP contribution in [0.1, 0.15) is 50.2 Å². The molecule has 2 amide bonds. The lowest BCUT2D eigenvalue weighted by Gasteiger charge is -2.30. The minimum atomic E-state index is -0.669. The highest BCUT2D eigenvalue weighted by Gasteiger charge is 2.22. The number of primary amides is 2. The lowest BCUT2D eigenvalue weighted by Crippen LogP contribution is -2.36. The molecule has 9 nitrogen and oxygen atoms in total. The van der Waals surface area contributed by atoms with Gasteiger partial charge < -0.3 is 31.5 Å². The summed E-state index contributed by atoms with van der Waals surface area (Å²) in [5.41, 5.74) is 15.4. The SMILES string of the molecule is Cc1cc(C(N)=O)c(O)c(N2CCCN(Cc3ccccc3)CCN(c3cc(C)cc(C(N)=O)c3O)CCC2)c1. The second kappa shape index (κ2) is 12.7. The highest BCUT2D eigenvalue weighted by molar-refractivity contribution is 5.98. The van der Waals surface area contributed by atoms with E-state index in [1.165, 1.54) is 5.56 Å². The third-order valence-corrected chi connectivity index (χ3v) is 7.37. The molecule has 0 spiro atoms. The summed E-state index contributed by atoms with van der Waals surface area (Å²) in [6.45, 7) is 8.61. The van der Waals surface area contributed by atoms with E-state index in [1.54, 1.807) is 12.1 Å². The molecule has 0 saturated carbocycles. The fraction of sp³-hybridized carbons (Fsp3) is 0.355. The molecule has 0 aliphatic carbocycles. The first-order valence-electron chi connectivity index (χ1n) is 13.7. The van der Waals surface area contributed by atoms with Crippen molar-refractivity contribution in [3.05, 3.63) is 82.4 Å². The molecule has 6 N–H and O–H groups in total. The van der Waals surface area contributed by atoms with Crippen molar-refractivity contribution < 1.29 is 19.8 Å². The van der Waals surface area contributed by atoms with Gasteiger partial charge in [0.25, 0.3) is 11.8 Å². The maximum Gasteiger partial charge on any atom is 0.252 e. The molecule has 1 aliphatic heterocycles. The molecule has 1 fully saturated rings. The van der Waals surface area contributed by atoms with E-state index in [9.17, 15) is 19.8 Å². The number of carbonyl (C=O) groups is 2. The summed E-state index contributed by atoms with van der Waals surface area (Å²) >= 11 is 0. The number of nitrogens with two attached hydrogens (primary N) is 2. The van der Waals surface area contributed by atoms with Crippen molar-refractivity contribution in [3.63, 3.8) is 0 Å². The Balaban J connectivity index is 1.67. The van der Waals surface area contributed by atoms with Gasteiger partial charge in [0.15, 0.2) is 11.5 Å². The van der Waals surface area contributed by atoms with Crippen LogP contribution in [-0.2, 0) is 6.54 Å². The Morgan fingerprint density at radius 1 is 0.700 bits per heavy atom. The van der Waals surface area contributed by atoms with Gasteiger partial charge in [-0.05, 0) is 67.6 Å². The van der Waals surface area contributed by atoms with Crippen LogP contribution in [-0.4, -0.2) is 66.2 Å². The van der Waals surface area contributed by atoms with Crippen LogP contribution >= 0.6 is 0 Å². The molecular formula is C31H39N5O4. The van der Waals surface area contributed by atoms with Gasteiger partial charge in [0.05, 0.1) is 22.5 Å². The van der Waals surface area contributed by atoms with Crippen molar-refractivity contribution in [2.75, 3.05) is 49.1 Å². The van der Waals surface area contributed by atoms with Crippen LogP contribution in [0.15, 0.2) is 54.6 Å². The van der Waals surface area contributed by atoms with E-state index in [1.807, 2.05) is 44.2 Å². The number of rotatable bonds is 6. The Hall–Kier alpha value is -4.24. The lowest BCUT2D eigenvalue weighted by molar-refractivity contribution is 0.0989. The Morgan fingerprint density at radius 2 is 1.18 bits per heavy atom. The lowest BCUT2D eigenvalue weighted by atomic mass is 10.1. The molecule has 0 bridgehead atoms. The number of aryl methyl sites for hydroxylation is 2. The molecule has 0 atom stereocenters. The Kier molecular flexibility index (Phi) is 9.16. The summed E-state index contributed by atoms with van der Waals surface area (Å²) in [4.78, 5) is 30.6. The largest absolute Gasteiger partial charge is 0.505 e. The molecule has 3 aromatic carbocycles. The third kappa shape index (κ3) is 6.84. The molecule has 1 saturated heterocycles. The van der Waals surface area contributed by atoms with Crippen LogP contribution < -0.4 is 21.3 Å². The number of phenols is 2. The Labute approximate surface area is 235 Å². The summed E-state index contributed by atoms with van der Waals surface area (Å²) in [6, 6.07) is 17.3. The quantitative estimate of drug-likeness (QED) is 0.372. The van der Waals surface area contributed by atoms with Crippen LogP contribution in [0.2, 0.25) is 0 Å². The predicted octanol–water partition coefficient (Wildman–Crippen LogP) is 3.52. The van der Waals surface area contributed by atoms with E-state index in [2.05, 4.69) is 26.8 Å². The van der Waals surface area contributed by atoms with E-state index in [-0.39, 0.29) is 22.6 Å². The van der Waals surface area contributed by atoms with Gasteiger partial charge in [-0.25, -0.2) is 0 Å². The monoisotopic (exact) mass is 545 g/mol. The number of amides is 2. The van der Waals surface area contributed by atoms with Gasteiger partial charge in [0, 0.05) is 45.8 Å². The van der Waals surface area contributed by atoms with Crippen LogP contribution in [0.3, 0.4) is 0 Å². The maximum absolute atomic E-state index is 12.0. The van der Waals surface area contributed by atoms with Crippen LogP contribution in [0, 0.1) is 13.8 Å². The van der Waals surface area contributed by atoms with Gasteiger partial charge in [-0.15, -0.1) is 0 Å². The van der Waals surface area contributed by atoms with E-state index in [0.717, 1.165) is 37.2 Å². The summed E-state index contributed by atoms with van der Waals surface area (Å²) < 4.78 is 0. The minimum Gasteiger partial charge on any atom is -0.505 e. The average molecular weight is 546 g/mol. The van der Waals surface area contributed by atoms with Crippen molar-refractivity contribution >= 4 is 23.2 Å². The van der Waals surface area contributed by atoms with Gasteiger partial charge in [0.1, 0.15) is 0 Å². The van der Waals surface area contributed by atoms with Crippen molar-refractivity contribution in [3.8, 4) is 11.5 Å². The van der Waals surface area contributed by atoms with Crippen LogP contribution in [0.25, 0.3) is 0 Å². The summed E-state index contributed by atoms with van der Waals surface area (Å²) in [6.07, 6.45) is 1.55. The standard InChI is InChI=1S/C31H39N5O4/c1-21-16-24(30(32)39)28(37)26(18-21)35-11-6-10-34(20-23-8-4-3-5-9-23)14-15-36(13-7-12-35)27-19-22(2)17-25(29(27)38)31(33)40/h3-5,8-9,16-19,37-38H,6-7,10-15,20H2,1-2H3,(H2,32,39)(H2,33,40). The summed E-state index contributed by atoms with van der Waals surface area (Å²) in [5, 5.41) is 22.0. The molecule has 1 heterocycles. The van der Waals surface area contributed by atoms with Crippen LogP contribution in [0.5, 0.6) is 11.5 Å². The van der Waals surface area contributed by atoms with Gasteiger partial charge in [0.2, 0.25) is 0 Å². The zero-order valence-electron chi connectivity index (χ0n) is 23.3. The normalized spacial score (nSPS) is 15.4. The molecule has 0 unspecified atom stereocenters. The molecule has 212 valence electrons. The Bertz CT molecular complexity index is 1360. The van der Waals surface area contributed by atoms with Crippen molar-refractivity contribution in [2.45, 2.75) is 33.2 Å². The van der Waals surface area contributed by atoms with Crippen molar-refractivity contribution in [1.82, 2.24) is 4.90 Å². The minimum absolute atomic E-state index is 0.103. The number of hydrogen-bond acceptors (Lipinski definition) is 7. The van der Waals surface area contributed by atoms with Crippen LogP contribution in [0.4, 0.5) is 11.4 Å². The summed E-state index contributed by atoms with van der Waals surface area (Å²) in [5.74, 6) is -1.55. The van der Waals surface area contributed by atoms with E-state index in [4.69, 9.17) is 11.5 Å². The second-order valence-corrected chi connectivity index (χ2v) is 10.5. The first-order chi connectivity index (χ1) is 19.1. The molecule has 9 heteroatoms. The molecule has 0 radical (unpaired) electrons. The third-order valence-electron chi connectivity index (χ3n) is 7.37. The average Bonchev–Trinajstić information content (AvgIpc) is 2.96. The molecule has 4 rings (SSSR count). The first-order valence-corrected chi connectivity index (χ1v) is 13.7. The molecule has 40 heavy (non-hydrogen) atoms. The van der Waals surface area contributed by atoms with E-state index < -0.39 is 11.8 Å². The zero-order chi connectivity index (χ0) is 28.8. The summed E-state index contributed by atoms with van der Waals surface area (Å²) in [7, 11) is 0. The molecule has 1 aliphatic rings. The second-order valence-electron chi connectivity index (χ2n) is 10.5. The number of aromatic hydroxyl groups is 2. The van der Waals surface area contributed by atoms with Gasteiger partial charge in [-0.3, -0.25) is 14.5 Å². The van der Waals surface area contributed by atoms with Gasteiger partial charge in [-0.2, -0.15) is 0 Å². The molecule has 0 aromatic heterocycles. The first kappa shape index (κ1) is 28.8. The number of nitrogens with zero attached hydrogens (tertiary/aromatic N) is 3. The zero-order valence-corrected chi connectivity index (χ0v) is 23.3. The molecule has 3 aromatic rings.